The van der Waals surface area contributed by atoms with Gasteiger partial charge in [-0.05, 0) is 36.8 Å². The Kier molecular flexibility index (Phi) is 5.19. The molecule has 0 aliphatic carbocycles. The van der Waals surface area contributed by atoms with Crippen LogP contribution in [0, 0.1) is 6.92 Å². The van der Waals surface area contributed by atoms with E-state index in [1.165, 1.54) is 0 Å². The second-order valence-electron chi connectivity index (χ2n) is 5.89. The zero-order chi connectivity index (χ0) is 19.0. The third-order valence-corrected chi connectivity index (χ3v) is 6.34. The van der Waals surface area contributed by atoms with E-state index < -0.39 is 0 Å². The van der Waals surface area contributed by atoms with Crippen LogP contribution in [0.25, 0.3) is 21.6 Å². The number of fused-ring (bicyclic) bond motifs is 1. The summed E-state index contributed by atoms with van der Waals surface area (Å²) in [5, 5.41) is 5.91. The highest BCUT2D eigenvalue weighted by molar-refractivity contribution is 7.19. The maximum absolute atomic E-state index is 6.51. The van der Waals surface area contributed by atoms with Crippen LogP contribution in [0.1, 0.15) is 10.4 Å². The second-order valence-corrected chi connectivity index (χ2v) is 8.29. The van der Waals surface area contributed by atoms with Crippen LogP contribution in [0.15, 0.2) is 42.7 Å². The Morgan fingerprint density at radius 1 is 1.07 bits per heavy atom. The van der Waals surface area contributed by atoms with E-state index in [2.05, 4.69) is 15.3 Å². The number of rotatable bonds is 4. The van der Waals surface area contributed by atoms with E-state index in [9.17, 15) is 0 Å². The van der Waals surface area contributed by atoms with Crippen molar-refractivity contribution in [3.05, 3.63) is 68.2 Å². The highest BCUT2D eigenvalue weighted by Gasteiger charge is 2.17. The quantitative estimate of drug-likeness (QED) is 0.390. The molecule has 0 saturated heterocycles. The Morgan fingerprint density at radius 2 is 1.93 bits per heavy atom. The van der Waals surface area contributed by atoms with E-state index in [4.69, 9.17) is 39.8 Å². The summed E-state index contributed by atoms with van der Waals surface area (Å²) in [7, 11) is 0. The van der Waals surface area contributed by atoms with Gasteiger partial charge in [0.15, 0.2) is 5.82 Å². The van der Waals surface area contributed by atoms with Crippen LogP contribution in [0.3, 0.4) is 0 Å². The lowest BCUT2D eigenvalue weighted by Crippen LogP contribution is -2.04. The van der Waals surface area contributed by atoms with Crippen molar-refractivity contribution in [1.82, 2.24) is 15.0 Å². The molecule has 1 N–H and O–H groups in total. The first-order chi connectivity index (χ1) is 13.0. The van der Waals surface area contributed by atoms with Gasteiger partial charge in [0, 0.05) is 29.4 Å². The number of aryl methyl sites for hydroxylation is 1. The number of benzene rings is 1. The first kappa shape index (κ1) is 18.4. The lowest BCUT2D eigenvalue weighted by atomic mass is 10.2. The fraction of sp³-hybridized carbons (Fsp3) is 0.105. The van der Waals surface area contributed by atoms with Gasteiger partial charge in [0.2, 0.25) is 0 Å². The van der Waals surface area contributed by atoms with Crippen LogP contribution in [0.4, 0.5) is 5.82 Å². The number of halogens is 3. The van der Waals surface area contributed by atoms with E-state index in [0.29, 0.717) is 33.3 Å². The molecule has 0 unspecified atom stereocenters. The molecule has 0 bridgehead atoms. The average Bonchev–Trinajstić information content (AvgIpc) is 2.97. The molecule has 0 saturated carbocycles. The molecule has 0 amide bonds. The van der Waals surface area contributed by atoms with Crippen molar-refractivity contribution >= 4 is 62.2 Å². The number of nitrogens with one attached hydrogen (secondary N) is 1. The predicted molar refractivity (Wildman–Crippen MR) is 114 cm³/mol. The monoisotopic (exact) mass is 434 g/mol. The Hall–Kier alpha value is -1.92. The van der Waals surface area contributed by atoms with Crippen LogP contribution >= 0.6 is 46.1 Å². The molecule has 4 rings (SSSR count). The van der Waals surface area contributed by atoms with Gasteiger partial charge in [-0.25, -0.2) is 9.97 Å². The van der Waals surface area contributed by atoms with Gasteiger partial charge in [-0.1, -0.05) is 40.9 Å². The number of pyridine rings is 1. The maximum Gasteiger partial charge on any atom is 0.164 e. The summed E-state index contributed by atoms with van der Waals surface area (Å²) in [4.78, 5) is 15.4. The van der Waals surface area contributed by atoms with Gasteiger partial charge in [0.1, 0.15) is 10.6 Å². The molecular formula is C19H13Cl3N4S. The van der Waals surface area contributed by atoms with E-state index in [0.717, 1.165) is 26.2 Å². The van der Waals surface area contributed by atoms with Gasteiger partial charge in [-0.2, -0.15) is 0 Å². The Morgan fingerprint density at radius 3 is 2.67 bits per heavy atom. The third-order valence-electron chi connectivity index (χ3n) is 4.02. The molecule has 8 heteroatoms. The normalized spacial score (nSPS) is 11.1. The molecule has 4 aromatic rings. The highest BCUT2D eigenvalue weighted by Crippen LogP contribution is 2.38. The van der Waals surface area contributed by atoms with Crippen LogP contribution in [-0.4, -0.2) is 15.0 Å². The largest absolute Gasteiger partial charge is 0.365 e. The van der Waals surface area contributed by atoms with Crippen LogP contribution < -0.4 is 5.32 Å². The van der Waals surface area contributed by atoms with Crippen molar-refractivity contribution in [2.45, 2.75) is 13.5 Å². The van der Waals surface area contributed by atoms with Crippen molar-refractivity contribution in [2.24, 2.45) is 0 Å². The van der Waals surface area contributed by atoms with Gasteiger partial charge in [0.25, 0.3) is 0 Å². The summed E-state index contributed by atoms with van der Waals surface area (Å²) in [6, 6.07) is 9.32. The van der Waals surface area contributed by atoms with E-state index in [-0.39, 0.29) is 0 Å². The third kappa shape index (κ3) is 3.73. The molecule has 0 aliphatic rings. The first-order valence-corrected chi connectivity index (χ1v) is 10.0. The topological polar surface area (TPSA) is 50.7 Å². The number of hydrogen-bond acceptors (Lipinski definition) is 5. The highest BCUT2D eigenvalue weighted by atomic mass is 35.5. The Balaban J connectivity index is 1.76. The molecular weight excluding hydrogens is 423 g/mol. The molecule has 3 heterocycles. The fourth-order valence-electron chi connectivity index (χ4n) is 2.67. The lowest BCUT2D eigenvalue weighted by Gasteiger charge is -2.10. The van der Waals surface area contributed by atoms with E-state index in [1.807, 2.05) is 31.2 Å². The zero-order valence-electron chi connectivity index (χ0n) is 14.1. The van der Waals surface area contributed by atoms with Crippen LogP contribution in [0.2, 0.25) is 15.1 Å². The first-order valence-electron chi connectivity index (χ1n) is 8.08. The second kappa shape index (κ2) is 7.60. The minimum absolute atomic E-state index is 0.518. The number of aromatic nitrogens is 3. The maximum atomic E-state index is 6.51. The van der Waals surface area contributed by atoms with Gasteiger partial charge in [0.05, 0.1) is 20.5 Å². The molecule has 0 radical (unpaired) electrons. The summed E-state index contributed by atoms with van der Waals surface area (Å²) in [6.07, 6.45) is 3.46. The predicted octanol–water partition coefficient (Wildman–Crippen LogP) is 6.63. The minimum atomic E-state index is 0.518. The summed E-state index contributed by atoms with van der Waals surface area (Å²) in [5.41, 5.74) is 1.83. The molecule has 0 atom stereocenters. The number of thiophene rings is 1. The molecule has 1 aromatic carbocycles. The molecule has 136 valence electrons. The van der Waals surface area contributed by atoms with Gasteiger partial charge in [-0.15, -0.1) is 11.3 Å². The van der Waals surface area contributed by atoms with E-state index >= 15 is 0 Å². The molecule has 4 nitrogen and oxygen atoms in total. The fourth-order valence-corrected chi connectivity index (χ4v) is 4.25. The number of anilines is 1. The lowest BCUT2D eigenvalue weighted by molar-refractivity contribution is 1.11. The summed E-state index contributed by atoms with van der Waals surface area (Å²) in [5.74, 6) is 1.28. The summed E-state index contributed by atoms with van der Waals surface area (Å²) in [6.45, 7) is 2.50. The molecule has 3 aromatic heterocycles. The van der Waals surface area contributed by atoms with Gasteiger partial charge >= 0.3 is 0 Å². The number of nitrogens with zero attached hydrogens (tertiary/aromatic N) is 3. The molecule has 27 heavy (non-hydrogen) atoms. The standard InChI is InChI=1S/C19H13Cl3N4S/c1-10-16(22)15-18(24-8-11-4-5-13(20)14(21)7-11)25-17(26-19(15)27-10)12-3-2-6-23-9-12/h2-7,9H,8H2,1H3,(H,24,25,26). The molecule has 0 spiro atoms. The number of hydrogen-bond donors (Lipinski definition) is 1. The van der Waals surface area contributed by atoms with Crippen LogP contribution in [0.5, 0.6) is 0 Å². The Bertz CT molecular complexity index is 1130. The zero-order valence-corrected chi connectivity index (χ0v) is 17.2. The van der Waals surface area contributed by atoms with Crippen molar-refractivity contribution in [3.63, 3.8) is 0 Å². The van der Waals surface area contributed by atoms with Gasteiger partial charge < -0.3 is 5.32 Å². The minimum Gasteiger partial charge on any atom is -0.365 e. The van der Waals surface area contributed by atoms with Crippen molar-refractivity contribution in [2.75, 3.05) is 5.32 Å². The van der Waals surface area contributed by atoms with Crippen molar-refractivity contribution in [1.29, 1.82) is 0 Å². The van der Waals surface area contributed by atoms with Crippen LogP contribution in [-0.2, 0) is 6.54 Å². The van der Waals surface area contributed by atoms with E-state index in [1.54, 1.807) is 29.8 Å². The molecule has 0 aliphatic heterocycles. The Labute approximate surface area is 175 Å². The SMILES string of the molecule is Cc1sc2nc(-c3cccnc3)nc(NCc3ccc(Cl)c(Cl)c3)c2c1Cl. The summed E-state index contributed by atoms with van der Waals surface area (Å²) < 4.78 is 0. The van der Waals surface area contributed by atoms with Gasteiger partial charge in [-0.3, -0.25) is 4.98 Å². The van der Waals surface area contributed by atoms with Crippen molar-refractivity contribution in [3.8, 4) is 11.4 Å². The smallest absolute Gasteiger partial charge is 0.164 e. The molecule has 0 fully saturated rings. The summed E-state index contributed by atoms with van der Waals surface area (Å²) >= 11 is 20.2. The average molecular weight is 436 g/mol. The van der Waals surface area contributed by atoms with Crippen molar-refractivity contribution < 1.29 is 0 Å².